The summed E-state index contributed by atoms with van der Waals surface area (Å²) >= 11 is 0. The molecule has 7 heteroatoms. The van der Waals surface area contributed by atoms with Gasteiger partial charge in [0.05, 0.1) is 19.8 Å². The van der Waals surface area contributed by atoms with Crippen molar-refractivity contribution in [2.75, 3.05) is 33.0 Å². The van der Waals surface area contributed by atoms with Gasteiger partial charge in [-0.2, -0.15) is 0 Å². The molecule has 0 spiro atoms. The topological polar surface area (TPSA) is 102 Å². The number of carbonyl (C=O) groups is 3. The fourth-order valence-corrected chi connectivity index (χ4v) is 0.920. The van der Waals surface area contributed by atoms with E-state index >= 15 is 0 Å². The van der Waals surface area contributed by atoms with Crippen LogP contribution in [-0.4, -0.2) is 56.2 Å². The Morgan fingerprint density at radius 3 is 2.53 bits per heavy atom. The highest BCUT2D eigenvalue weighted by Gasteiger charge is 1.99. The van der Waals surface area contributed by atoms with E-state index in [1.807, 2.05) is 0 Å². The van der Waals surface area contributed by atoms with Crippen LogP contribution < -0.4 is 5.32 Å². The third-order valence-electron chi connectivity index (χ3n) is 1.66. The molecule has 0 unspecified atom stereocenters. The molecule has 17 heavy (non-hydrogen) atoms. The molecule has 98 valence electrons. The molecule has 0 aliphatic carbocycles. The van der Waals surface area contributed by atoms with E-state index in [1.54, 1.807) is 0 Å². The molecule has 0 aromatic carbocycles. The van der Waals surface area contributed by atoms with Gasteiger partial charge in [-0.25, -0.2) is 4.79 Å². The van der Waals surface area contributed by atoms with E-state index in [0.717, 1.165) is 0 Å². The molecule has 0 heterocycles. The van der Waals surface area contributed by atoms with Gasteiger partial charge in [-0.3, -0.25) is 4.79 Å². The monoisotopic (exact) mass is 247 g/mol. The van der Waals surface area contributed by atoms with Crippen molar-refractivity contribution in [3.8, 4) is 0 Å². The fourth-order valence-electron chi connectivity index (χ4n) is 0.920. The minimum Gasteiger partial charge on any atom is -0.480 e. The largest absolute Gasteiger partial charge is 0.480 e. The van der Waals surface area contributed by atoms with Crippen LogP contribution >= 0.6 is 0 Å². The zero-order valence-corrected chi connectivity index (χ0v) is 9.52. The Balaban J connectivity index is 3.15. The van der Waals surface area contributed by atoms with Crippen LogP contribution in [-0.2, 0) is 23.9 Å². The van der Waals surface area contributed by atoms with Crippen LogP contribution in [0.4, 0.5) is 0 Å². The number of carboxylic acids is 1. The quantitative estimate of drug-likeness (QED) is 0.366. The van der Waals surface area contributed by atoms with Crippen LogP contribution in [0.25, 0.3) is 0 Å². The van der Waals surface area contributed by atoms with Crippen molar-refractivity contribution in [1.82, 2.24) is 5.32 Å². The molecule has 0 fully saturated rings. The Hall–Kier alpha value is -1.47. The van der Waals surface area contributed by atoms with Gasteiger partial charge < -0.3 is 24.7 Å². The molecule has 0 aliphatic heterocycles. The van der Waals surface area contributed by atoms with E-state index in [9.17, 15) is 14.4 Å². The minimum atomic E-state index is -1.02. The van der Waals surface area contributed by atoms with Crippen molar-refractivity contribution >= 4 is 18.2 Å². The minimum absolute atomic E-state index is 0.186. The van der Waals surface area contributed by atoms with Crippen LogP contribution in [0.5, 0.6) is 0 Å². The van der Waals surface area contributed by atoms with Crippen molar-refractivity contribution in [3.63, 3.8) is 0 Å². The molecular weight excluding hydrogens is 230 g/mol. The summed E-state index contributed by atoms with van der Waals surface area (Å²) in [7, 11) is 0. The Morgan fingerprint density at radius 1 is 1.18 bits per heavy atom. The second-order valence-corrected chi connectivity index (χ2v) is 3.11. The summed E-state index contributed by atoms with van der Waals surface area (Å²) in [5.41, 5.74) is 0. The van der Waals surface area contributed by atoms with Crippen LogP contribution in [0.1, 0.15) is 12.8 Å². The molecule has 0 saturated carbocycles. The Morgan fingerprint density at radius 2 is 1.88 bits per heavy atom. The number of hydrogen-bond donors (Lipinski definition) is 2. The summed E-state index contributed by atoms with van der Waals surface area (Å²) in [6.45, 7) is 0.814. The lowest BCUT2D eigenvalue weighted by Crippen LogP contribution is -2.27. The first-order valence-corrected chi connectivity index (χ1v) is 5.24. The molecule has 1 amide bonds. The van der Waals surface area contributed by atoms with Gasteiger partial charge in [-0.05, 0) is 0 Å². The first-order chi connectivity index (χ1) is 8.16. The van der Waals surface area contributed by atoms with E-state index in [-0.39, 0.29) is 38.6 Å². The average Bonchev–Trinajstić information content (AvgIpc) is 2.29. The van der Waals surface area contributed by atoms with Gasteiger partial charge in [0.15, 0.2) is 0 Å². The molecule has 0 saturated heterocycles. The van der Waals surface area contributed by atoms with Gasteiger partial charge in [0.25, 0.3) is 0 Å². The van der Waals surface area contributed by atoms with Gasteiger partial charge in [0, 0.05) is 19.4 Å². The molecule has 0 bridgehead atoms. The maximum Gasteiger partial charge on any atom is 0.329 e. The summed E-state index contributed by atoms with van der Waals surface area (Å²) in [6, 6.07) is 0. The van der Waals surface area contributed by atoms with Gasteiger partial charge >= 0.3 is 5.97 Å². The average molecular weight is 247 g/mol. The van der Waals surface area contributed by atoms with Crippen molar-refractivity contribution < 1.29 is 29.0 Å². The highest BCUT2D eigenvalue weighted by atomic mass is 16.5. The Bertz CT molecular complexity index is 243. The number of carbonyl (C=O) groups excluding carboxylic acids is 2. The predicted octanol–water partition coefficient (Wildman–Crippen LogP) is -0.800. The number of nitrogens with one attached hydrogen (secondary N) is 1. The fraction of sp³-hybridized carbons (Fsp3) is 0.700. The maximum atomic E-state index is 11.0. The van der Waals surface area contributed by atoms with Gasteiger partial charge in [0.2, 0.25) is 5.91 Å². The second-order valence-electron chi connectivity index (χ2n) is 3.11. The number of aliphatic carboxylic acids is 1. The van der Waals surface area contributed by atoms with Crippen LogP contribution in [0.3, 0.4) is 0 Å². The zero-order valence-electron chi connectivity index (χ0n) is 9.52. The molecule has 0 aliphatic rings. The third-order valence-corrected chi connectivity index (χ3v) is 1.66. The van der Waals surface area contributed by atoms with Crippen molar-refractivity contribution in [2.45, 2.75) is 12.8 Å². The maximum absolute atomic E-state index is 11.0. The Kier molecular flexibility index (Phi) is 10.1. The highest BCUT2D eigenvalue weighted by molar-refractivity contribution is 5.77. The standard InChI is InChI=1S/C10H17NO6/c12-4-1-2-9(13)11-3-5-16-6-7-17-8-10(14)15/h4H,1-3,5-8H2,(H,11,13)(H,14,15). The van der Waals surface area contributed by atoms with E-state index in [0.29, 0.717) is 19.4 Å². The number of rotatable bonds is 11. The summed E-state index contributed by atoms with van der Waals surface area (Å²) in [6.07, 6.45) is 1.09. The molecule has 0 aromatic heterocycles. The van der Waals surface area contributed by atoms with Gasteiger partial charge in [-0.15, -0.1) is 0 Å². The lowest BCUT2D eigenvalue weighted by Gasteiger charge is -2.05. The lowest BCUT2D eigenvalue weighted by atomic mass is 10.3. The molecule has 2 N–H and O–H groups in total. The number of ether oxygens (including phenoxy) is 2. The highest BCUT2D eigenvalue weighted by Crippen LogP contribution is 1.84. The van der Waals surface area contributed by atoms with E-state index in [4.69, 9.17) is 14.6 Å². The summed E-state index contributed by atoms with van der Waals surface area (Å²) < 4.78 is 9.79. The summed E-state index contributed by atoms with van der Waals surface area (Å²) in [5.74, 6) is -1.21. The van der Waals surface area contributed by atoms with Crippen LogP contribution in [0, 0.1) is 0 Å². The second kappa shape index (κ2) is 11.0. The normalized spacial score (nSPS) is 9.88. The molecule has 0 radical (unpaired) electrons. The first kappa shape index (κ1) is 15.5. The molecular formula is C10H17NO6. The van der Waals surface area contributed by atoms with E-state index < -0.39 is 5.97 Å². The SMILES string of the molecule is O=CCCC(=O)NCCOCCOCC(=O)O. The Labute approximate surface area is 99.1 Å². The summed E-state index contributed by atoms with van der Waals surface area (Å²) in [5, 5.41) is 10.8. The van der Waals surface area contributed by atoms with Crippen molar-refractivity contribution in [3.05, 3.63) is 0 Å². The number of aldehydes is 1. The van der Waals surface area contributed by atoms with E-state index in [2.05, 4.69) is 5.32 Å². The van der Waals surface area contributed by atoms with Crippen LogP contribution in [0.2, 0.25) is 0 Å². The third kappa shape index (κ3) is 12.5. The van der Waals surface area contributed by atoms with Crippen molar-refractivity contribution in [1.29, 1.82) is 0 Å². The van der Waals surface area contributed by atoms with E-state index in [1.165, 1.54) is 0 Å². The number of carboxylic acid groups (broad SMARTS) is 1. The van der Waals surface area contributed by atoms with Crippen LogP contribution in [0.15, 0.2) is 0 Å². The van der Waals surface area contributed by atoms with Crippen molar-refractivity contribution in [2.24, 2.45) is 0 Å². The molecule has 0 rings (SSSR count). The molecule has 0 atom stereocenters. The zero-order chi connectivity index (χ0) is 12.9. The van der Waals surface area contributed by atoms with Gasteiger partial charge in [0.1, 0.15) is 12.9 Å². The summed E-state index contributed by atoms with van der Waals surface area (Å²) in [4.78, 5) is 31.0. The number of amides is 1. The molecule has 0 aromatic rings. The lowest BCUT2D eigenvalue weighted by molar-refractivity contribution is -0.142. The predicted molar refractivity (Wildman–Crippen MR) is 57.6 cm³/mol. The number of hydrogen-bond acceptors (Lipinski definition) is 5. The van der Waals surface area contributed by atoms with Gasteiger partial charge in [-0.1, -0.05) is 0 Å². The first-order valence-electron chi connectivity index (χ1n) is 5.24. The molecule has 7 nitrogen and oxygen atoms in total. The smallest absolute Gasteiger partial charge is 0.329 e.